The van der Waals surface area contributed by atoms with Crippen molar-refractivity contribution >= 4 is 23.7 Å². The monoisotopic (exact) mass is 327 g/mol. The van der Waals surface area contributed by atoms with Crippen molar-refractivity contribution in [2.75, 3.05) is 6.61 Å². The number of β-lactam (4-membered cyclic amide) rings is 1. The van der Waals surface area contributed by atoms with E-state index in [0.29, 0.717) is 36.6 Å². The molecule has 1 atom stereocenters. The minimum Gasteiger partial charge on any atom is -0.477 e. The summed E-state index contributed by atoms with van der Waals surface area (Å²) in [4.78, 5) is 24.7. The van der Waals surface area contributed by atoms with Crippen LogP contribution in [0.4, 0.5) is 0 Å². The van der Waals surface area contributed by atoms with E-state index < -0.39 is 5.97 Å². The van der Waals surface area contributed by atoms with Gasteiger partial charge in [0.2, 0.25) is 5.71 Å². The van der Waals surface area contributed by atoms with Crippen LogP contribution < -0.4 is 0 Å². The summed E-state index contributed by atoms with van der Waals surface area (Å²) in [5.74, 6) is -0.551. The van der Waals surface area contributed by atoms with Crippen molar-refractivity contribution < 1.29 is 23.8 Å². The number of fused-ring (bicyclic) bond motifs is 4. The Labute approximate surface area is 135 Å². The molecule has 2 aromatic rings. The van der Waals surface area contributed by atoms with Gasteiger partial charge in [0.25, 0.3) is 5.91 Å². The molecule has 1 saturated heterocycles. The maximum atomic E-state index is 12.2. The zero-order valence-corrected chi connectivity index (χ0v) is 12.6. The van der Waals surface area contributed by atoms with Crippen molar-refractivity contribution in [2.24, 2.45) is 0 Å². The smallest absolute Gasteiger partial charge is 0.352 e. The number of rotatable bonds is 2. The molecule has 0 spiro atoms. The third-order valence-electron chi connectivity index (χ3n) is 4.67. The fraction of sp³-hybridized carbons (Fsp3) is 0.312. The Morgan fingerprint density at radius 3 is 3.17 bits per heavy atom. The number of carbonyl (C=O) groups is 2. The lowest BCUT2D eigenvalue weighted by Crippen LogP contribution is -2.52. The zero-order chi connectivity index (χ0) is 16.4. The fourth-order valence-corrected chi connectivity index (χ4v) is 3.55. The molecule has 8 heteroatoms. The van der Waals surface area contributed by atoms with Gasteiger partial charge in [-0.1, -0.05) is 6.08 Å². The second kappa shape index (κ2) is 4.57. The highest BCUT2D eigenvalue weighted by Crippen LogP contribution is 2.39. The summed E-state index contributed by atoms with van der Waals surface area (Å²) in [5.41, 5.74) is 2.90. The van der Waals surface area contributed by atoms with Gasteiger partial charge in [0.1, 0.15) is 12.3 Å². The van der Waals surface area contributed by atoms with Gasteiger partial charge in [0.15, 0.2) is 5.76 Å². The first kappa shape index (κ1) is 13.6. The van der Waals surface area contributed by atoms with Crippen molar-refractivity contribution in [1.82, 2.24) is 14.5 Å². The number of oxazole rings is 1. The molecule has 1 N–H and O–H groups in total. The number of carboxylic acids is 1. The van der Waals surface area contributed by atoms with Crippen LogP contribution in [0.25, 0.3) is 11.8 Å². The molecule has 5 rings (SSSR count). The van der Waals surface area contributed by atoms with Gasteiger partial charge in [-0.25, -0.2) is 9.31 Å². The Morgan fingerprint density at radius 2 is 2.33 bits per heavy atom. The SMILES string of the molecule is O=C(O)C1=CCC2C(=Cc3cc4oc5c(n4n3)CCOC5)C(=O)N12. The summed E-state index contributed by atoms with van der Waals surface area (Å²) in [6.07, 6.45) is 4.56. The average Bonchev–Trinajstić information content (AvgIpc) is 3.22. The number of aromatic nitrogens is 2. The van der Waals surface area contributed by atoms with Crippen molar-refractivity contribution in [1.29, 1.82) is 0 Å². The molecule has 1 amide bonds. The molecule has 3 aliphatic rings. The molecular formula is C16H13N3O5. The number of carbonyl (C=O) groups excluding carboxylic acids is 1. The van der Waals surface area contributed by atoms with Gasteiger partial charge in [-0.05, 0) is 12.5 Å². The predicted molar refractivity (Wildman–Crippen MR) is 79.8 cm³/mol. The average molecular weight is 327 g/mol. The van der Waals surface area contributed by atoms with Crippen molar-refractivity contribution in [2.45, 2.75) is 25.5 Å². The van der Waals surface area contributed by atoms with Crippen LogP contribution in [-0.4, -0.2) is 44.1 Å². The first-order valence-electron chi connectivity index (χ1n) is 7.70. The number of hydrogen-bond acceptors (Lipinski definition) is 5. The molecule has 24 heavy (non-hydrogen) atoms. The van der Waals surface area contributed by atoms with E-state index in [2.05, 4.69) is 5.10 Å². The summed E-state index contributed by atoms with van der Waals surface area (Å²) < 4.78 is 12.8. The van der Waals surface area contributed by atoms with Crippen molar-refractivity contribution in [3.8, 4) is 0 Å². The van der Waals surface area contributed by atoms with E-state index in [4.69, 9.17) is 14.3 Å². The fourth-order valence-electron chi connectivity index (χ4n) is 3.55. The minimum absolute atomic E-state index is 0.0646. The van der Waals surface area contributed by atoms with Crippen LogP contribution in [0, 0.1) is 0 Å². The van der Waals surface area contributed by atoms with Gasteiger partial charge in [0, 0.05) is 18.1 Å². The summed E-state index contributed by atoms with van der Waals surface area (Å²) in [5, 5.41) is 13.6. The first-order valence-corrected chi connectivity index (χ1v) is 7.70. The van der Waals surface area contributed by atoms with Gasteiger partial charge >= 0.3 is 5.97 Å². The van der Waals surface area contributed by atoms with Gasteiger partial charge in [-0.2, -0.15) is 5.10 Å². The maximum absolute atomic E-state index is 12.2. The lowest BCUT2D eigenvalue weighted by atomic mass is 9.93. The Morgan fingerprint density at radius 1 is 1.46 bits per heavy atom. The highest BCUT2D eigenvalue weighted by molar-refractivity contribution is 6.11. The number of hydrogen-bond donors (Lipinski definition) is 1. The molecule has 3 aliphatic heterocycles. The van der Waals surface area contributed by atoms with Crippen molar-refractivity contribution in [3.63, 3.8) is 0 Å². The third-order valence-corrected chi connectivity index (χ3v) is 4.67. The van der Waals surface area contributed by atoms with Crippen LogP contribution >= 0.6 is 0 Å². The Hall–Kier alpha value is -2.87. The van der Waals surface area contributed by atoms with E-state index in [1.807, 2.05) is 0 Å². The highest BCUT2D eigenvalue weighted by Gasteiger charge is 2.48. The molecule has 122 valence electrons. The number of amides is 1. The van der Waals surface area contributed by atoms with E-state index in [1.165, 1.54) is 4.90 Å². The molecule has 2 aromatic heterocycles. The molecule has 0 radical (unpaired) electrons. The third kappa shape index (κ3) is 1.68. The van der Waals surface area contributed by atoms with E-state index >= 15 is 0 Å². The lowest BCUT2D eigenvalue weighted by Gasteiger charge is -2.38. The van der Waals surface area contributed by atoms with Gasteiger partial charge in [0.05, 0.1) is 24.0 Å². The van der Waals surface area contributed by atoms with Gasteiger partial charge in [-0.15, -0.1) is 0 Å². The van der Waals surface area contributed by atoms with Crippen LogP contribution in [0.15, 0.2) is 27.8 Å². The molecular weight excluding hydrogens is 314 g/mol. The molecule has 0 aromatic carbocycles. The molecule has 5 heterocycles. The van der Waals surface area contributed by atoms with E-state index in [0.717, 1.165) is 17.9 Å². The summed E-state index contributed by atoms with van der Waals surface area (Å²) >= 11 is 0. The van der Waals surface area contributed by atoms with E-state index in [-0.39, 0.29) is 17.6 Å². The number of nitrogens with zero attached hydrogens (tertiary/aromatic N) is 3. The largest absolute Gasteiger partial charge is 0.477 e. The topological polar surface area (TPSA) is 97.3 Å². The highest BCUT2D eigenvalue weighted by atomic mass is 16.5. The molecule has 1 fully saturated rings. The normalized spacial score (nSPS) is 24.1. The van der Waals surface area contributed by atoms with E-state index in [9.17, 15) is 9.59 Å². The van der Waals surface area contributed by atoms with E-state index in [1.54, 1.807) is 22.7 Å². The van der Waals surface area contributed by atoms with Crippen LogP contribution in [0.3, 0.4) is 0 Å². The predicted octanol–water partition coefficient (Wildman–Crippen LogP) is 0.966. The molecule has 0 bridgehead atoms. The summed E-state index contributed by atoms with van der Waals surface area (Å²) in [6.45, 7) is 1.09. The quantitative estimate of drug-likeness (QED) is 0.652. The number of carboxylic acid groups (broad SMARTS) is 1. The Kier molecular flexibility index (Phi) is 2.58. The molecule has 8 nitrogen and oxygen atoms in total. The minimum atomic E-state index is -1.07. The maximum Gasteiger partial charge on any atom is 0.352 e. The van der Waals surface area contributed by atoms with Crippen LogP contribution in [0.1, 0.15) is 23.6 Å². The molecule has 0 aliphatic carbocycles. The van der Waals surface area contributed by atoms with Crippen LogP contribution in [-0.2, 0) is 27.4 Å². The van der Waals surface area contributed by atoms with Crippen molar-refractivity contribution in [3.05, 3.63) is 40.6 Å². The van der Waals surface area contributed by atoms with Crippen LogP contribution in [0.5, 0.6) is 0 Å². The summed E-state index contributed by atoms with van der Waals surface area (Å²) in [6, 6.07) is 1.58. The first-order chi connectivity index (χ1) is 11.6. The number of aliphatic carboxylic acids is 1. The standard InChI is InChI=1S/C16H13N3O5/c20-15-9(10-1-2-12(16(21)22)18(10)15)5-8-6-14-19(17-8)11-3-4-23-7-13(11)24-14/h2,5-6,10H,1,3-4,7H2,(H,21,22). The number of ether oxygens (including phenoxy) is 1. The Bertz CT molecular complexity index is 964. The molecule has 1 unspecified atom stereocenters. The summed E-state index contributed by atoms with van der Waals surface area (Å²) in [7, 11) is 0. The van der Waals surface area contributed by atoms with Gasteiger partial charge < -0.3 is 14.3 Å². The van der Waals surface area contributed by atoms with Crippen LogP contribution in [0.2, 0.25) is 0 Å². The molecule has 0 saturated carbocycles. The second-order valence-electron chi connectivity index (χ2n) is 6.01. The lowest BCUT2D eigenvalue weighted by molar-refractivity contribution is -0.142. The Balaban J connectivity index is 1.47. The zero-order valence-electron chi connectivity index (χ0n) is 12.6. The van der Waals surface area contributed by atoms with Gasteiger partial charge in [-0.3, -0.25) is 9.69 Å². The second-order valence-corrected chi connectivity index (χ2v) is 6.01.